The maximum atomic E-state index is 12.2. The Balaban J connectivity index is 1.98. The number of oxazole rings is 1. The summed E-state index contributed by atoms with van der Waals surface area (Å²) >= 11 is 3.46. The van der Waals surface area contributed by atoms with Crippen LogP contribution >= 0.6 is 15.9 Å². The lowest BCUT2D eigenvalue weighted by atomic mass is 10.2. The fourth-order valence-corrected chi connectivity index (χ4v) is 2.79. The molecule has 0 aliphatic carbocycles. The number of amides is 1. The number of rotatable bonds is 8. The van der Waals surface area contributed by atoms with E-state index >= 15 is 0 Å². The second-order valence-corrected chi connectivity index (χ2v) is 6.16. The molecular formula is C17H19BrN2O4. The van der Waals surface area contributed by atoms with Crippen molar-refractivity contribution in [2.45, 2.75) is 26.2 Å². The molecule has 7 heteroatoms. The molecule has 0 saturated carbocycles. The molecule has 2 rings (SSSR count). The van der Waals surface area contributed by atoms with Crippen LogP contribution in [0.25, 0.3) is 11.3 Å². The summed E-state index contributed by atoms with van der Waals surface area (Å²) in [6.07, 6.45) is 2.84. The van der Waals surface area contributed by atoms with Crippen LogP contribution in [0.2, 0.25) is 0 Å². The first-order valence-electron chi connectivity index (χ1n) is 7.70. The Morgan fingerprint density at radius 1 is 1.33 bits per heavy atom. The van der Waals surface area contributed by atoms with Crippen molar-refractivity contribution in [3.63, 3.8) is 0 Å². The zero-order valence-corrected chi connectivity index (χ0v) is 15.0. The number of carboxylic acids is 1. The van der Waals surface area contributed by atoms with Crippen LogP contribution in [0.3, 0.4) is 0 Å². The molecule has 2 aromatic rings. The minimum Gasteiger partial charge on any atom is -0.480 e. The van der Waals surface area contributed by atoms with Gasteiger partial charge in [-0.1, -0.05) is 41.1 Å². The van der Waals surface area contributed by atoms with Gasteiger partial charge in [0.05, 0.1) is 6.20 Å². The summed E-state index contributed by atoms with van der Waals surface area (Å²) in [7, 11) is 0. The Kier molecular flexibility index (Phi) is 6.54. The molecule has 0 spiro atoms. The van der Waals surface area contributed by atoms with Gasteiger partial charge >= 0.3 is 5.97 Å². The van der Waals surface area contributed by atoms with Crippen molar-refractivity contribution in [2.75, 3.05) is 13.1 Å². The predicted molar refractivity (Wildman–Crippen MR) is 92.5 cm³/mol. The normalized spacial score (nSPS) is 10.6. The van der Waals surface area contributed by atoms with Gasteiger partial charge in [-0.25, -0.2) is 4.98 Å². The summed E-state index contributed by atoms with van der Waals surface area (Å²) in [5.74, 6) is -0.134. The van der Waals surface area contributed by atoms with Gasteiger partial charge in [0.1, 0.15) is 6.54 Å². The predicted octanol–water partition coefficient (Wildman–Crippen LogP) is 3.36. The second kappa shape index (κ2) is 8.63. The van der Waals surface area contributed by atoms with Gasteiger partial charge in [0, 0.05) is 29.4 Å². The average Bonchev–Trinajstić information content (AvgIpc) is 3.01. The van der Waals surface area contributed by atoms with Crippen LogP contribution in [0, 0.1) is 0 Å². The van der Waals surface area contributed by atoms with Crippen LogP contribution in [0.1, 0.15) is 25.7 Å². The van der Waals surface area contributed by atoms with Gasteiger partial charge in [0.15, 0.2) is 11.7 Å². The van der Waals surface area contributed by atoms with Gasteiger partial charge in [-0.3, -0.25) is 9.59 Å². The molecule has 0 fully saturated rings. The third kappa shape index (κ3) is 4.92. The third-order valence-corrected chi connectivity index (χ3v) is 4.11. The van der Waals surface area contributed by atoms with Crippen molar-refractivity contribution in [1.29, 1.82) is 0 Å². The number of aromatic nitrogens is 1. The number of aryl methyl sites for hydroxylation is 1. The molecule has 128 valence electrons. The number of carboxylic acid groups (broad SMARTS) is 1. The Labute approximate surface area is 148 Å². The van der Waals surface area contributed by atoms with E-state index in [1.54, 1.807) is 6.20 Å². The molecule has 1 N–H and O–H groups in total. The summed E-state index contributed by atoms with van der Waals surface area (Å²) in [5, 5.41) is 8.87. The largest absolute Gasteiger partial charge is 0.480 e. The number of carbonyl (C=O) groups excluding carboxylic acids is 1. The number of carbonyl (C=O) groups is 2. The SMILES string of the molecule is CCCN(CC(=O)O)C(=O)CCc1ncc(-c2ccccc2Br)o1. The summed E-state index contributed by atoms with van der Waals surface area (Å²) in [4.78, 5) is 28.5. The van der Waals surface area contributed by atoms with E-state index < -0.39 is 5.97 Å². The maximum absolute atomic E-state index is 12.2. The van der Waals surface area contributed by atoms with Crippen LogP contribution in [0.4, 0.5) is 0 Å². The Bertz CT molecular complexity index is 714. The van der Waals surface area contributed by atoms with E-state index in [-0.39, 0.29) is 18.9 Å². The minimum absolute atomic E-state index is 0.170. The van der Waals surface area contributed by atoms with Gasteiger partial charge in [0.2, 0.25) is 5.91 Å². The molecule has 6 nitrogen and oxygen atoms in total. The van der Waals surface area contributed by atoms with E-state index in [1.807, 2.05) is 31.2 Å². The van der Waals surface area contributed by atoms with E-state index in [4.69, 9.17) is 9.52 Å². The molecule has 0 saturated heterocycles. The van der Waals surface area contributed by atoms with Crippen LogP contribution in [-0.2, 0) is 16.0 Å². The first-order valence-corrected chi connectivity index (χ1v) is 8.49. The summed E-state index contributed by atoms with van der Waals surface area (Å²) in [6.45, 7) is 2.06. The number of nitrogens with zero attached hydrogens (tertiary/aromatic N) is 2. The molecule has 1 aromatic heterocycles. The van der Waals surface area contributed by atoms with Crippen molar-refractivity contribution in [2.24, 2.45) is 0 Å². The zero-order valence-electron chi connectivity index (χ0n) is 13.4. The van der Waals surface area contributed by atoms with Gasteiger partial charge in [-0.15, -0.1) is 0 Å². The molecule has 0 atom stereocenters. The third-order valence-electron chi connectivity index (χ3n) is 3.42. The van der Waals surface area contributed by atoms with Crippen LogP contribution in [-0.4, -0.2) is 40.0 Å². The molecule has 1 amide bonds. The van der Waals surface area contributed by atoms with Crippen molar-refractivity contribution in [3.05, 3.63) is 40.8 Å². The molecular weight excluding hydrogens is 376 g/mol. The molecule has 0 aliphatic heterocycles. The van der Waals surface area contributed by atoms with Crippen LogP contribution in [0.15, 0.2) is 39.4 Å². The van der Waals surface area contributed by atoms with Gasteiger partial charge in [0.25, 0.3) is 0 Å². The molecule has 1 aromatic carbocycles. The molecule has 0 bridgehead atoms. The fourth-order valence-electron chi connectivity index (χ4n) is 2.31. The summed E-state index contributed by atoms with van der Waals surface area (Å²) < 4.78 is 6.60. The zero-order chi connectivity index (χ0) is 17.5. The van der Waals surface area contributed by atoms with Gasteiger partial charge in [-0.2, -0.15) is 0 Å². The standard InChI is InChI=1S/C17H19BrN2O4/c1-2-9-20(11-17(22)23)16(21)8-7-15-19-10-14(24-15)12-5-3-4-6-13(12)18/h3-6,10H,2,7-9,11H2,1H3,(H,22,23). The monoisotopic (exact) mass is 394 g/mol. The number of halogens is 1. The van der Waals surface area contributed by atoms with Crippen molar-refractivity contribution >= 4 is 27.8 Å². The molecule has 0 unspecified atom stereocenters. The maximum Gasteiger partial charge on any atom is 0.323 e. The minimum atomic E-state index is -1.01. The molecule has 0 aliphatic rings. The number of aliphatic carboxylic acids is 1. The topological polar surface area (TPSA) is 83.6 Å². The average molecular weight is 395 g/mol. The number of hydrogen-bond donors (Lipinski definition) is 1. The Morgan fingerprint density at radius 2 is 2.08 bits per heavy atom. The van der Waals surface area contributed by atoms with Crippen LogP contribution in [0.5, 0.6) is 0 Å². The summed E-state index contributed by atoms with van der Waals surface area (Å²) in [6, 6.07) is 7.64. The lowest BCUT2D eigenvalue weighted by Gasteiger charge is -2.19. The Hall–Kier alpha value is -2.15. The quantitative estimate of drug-likeness (QED) is 0.741. The highest BCUT2D eigenvalue weighted by Gasteiger charge is 2.17. The highest BCUT2D eigenvalue weighted by atomic mass is 79.9. The highest BCUT2D eigenvalue weighted by Crippen LogP contribution is 2.28. The molecule has 0 radical (unpaired) electrons. The van der Waals surface area contributed by atoms with Gasteiger partial charge < -0.3 is 14.4 Å². The fraction of sp³-hybridized carbons (Fsp3) is 0.353. The van der Waals surface area contributed by atoms with E-state index in [9.17, 15) is 9.59 Å². The smallest absolute Gasteiger partial charge is 0.323 e. The molecule has 1 heterocycles. The van der Waals surface area contributed by atoms with E-state index in [1.165, 1.54) is 4.90 Å². The first kappa shape index (κ1) is 18.2. The molecule has 24 heavy (non-hydrogen) atoms. The van der Waals surface area contributed by atoms with E-state index in [2.05, 4.69) is 20.9 Å². The highest BCUT2D eigenvalue weighted by molar-refractivity contribution is 9.10. The summed E-state index contributed by atoms with van der Waals surface area (Å²) in [5.41, 5.74) is 0.890. The number of hydrogen-bond acceptors (Lipinski definition) is 4. The van der Waals surface area contributed by atoms with E-state index in [0.29, 0.717) is 31.0 Å². The Morgan fingerprint density at radius 3 is 2.75 bits per heavy atom. The lowest BCUT2D eigenvalue weighted by Crippen LogP contribution is -2.36. The van der Waals surface area contributed by atoms with Crippen molar-refractivity contribution < 1.29 is 19.1 Å². The van der Waals surface area contributed by atoms with Crippen molar-refractivity contribution in [1.82, 2.24) is 9.88 Å². The lowest BCUT2D eigenvalue weighted by molar-refractivity contribution is -0.144. The van der Waals surface area contributed by atoms with E-state index in [0.717, 1.165) is 10.0 Å². The second-order valence-electron chi connectivity index (χ2n) is 5.31. The first-order chi connectivity index (χ1) is 11.5. The van der Waals surface area contributed by atoms with Gasteiger partial charge in [-0.05, 0) is 12.5 Å². The van der Waals surface area contributed by atoms with Crippen LogP contribution < -0.4 is 0 Å². The number of benzene rings is 1. The van der Waals surface area contributed by atoms with Crippen molar-refractivity contribution in [3.8, 4) is 11.3 Å².